The van der Waals surface area contributed by atoms with Crippen molar-refractivity contribution in [2.75, 3.05) is 5.75 Å². The highest BCUT2D eigenvalue weighted by molar-refractivity contribution is 8.00. The Morgan fingerprint density at radius 2 is 1.90 bits per heavy atom. The molecule has 1 aromatic heterocycles. The molecule has 29 heavy (non-hydrogen) atoms. The lowest BCUT2D eigenvalue weighted by Crippen LogP contribution is -2.27. The molecule has 0 aliphatic carbocycles. The number of nitrogens with zero attached hydrogens (tertiary/aromatic N) is 1. The number of halogens is 1. The third kappa shape index (κ3) is 4.51. The fourth-order valence-corrected chi connectivity index (χ4v) is 4.35. The summed E-state index contributed by atoms with van der Waals surface area (Å²) in [6, 6.07) is 16.9. The molecular weight excluding hydrogens is 391 g/mol. The summed E-state index contributed by atoms with van der Waals surface area (Å²) in [5.74, 6) is 0.717. The predicted molar refractivity (Wildman–Crippen MR) is 108 cm³/mol. The molecular formula is C22H19FN2O3S. The van der Waals surface area contributed by atoms with E-state index in [-0.39, 0.29) is 23.0 Å². The molecule has 1 N–H and O–H groups in total. The summed E-state index contributed by atoms with van der Waals surface area (Å²) < 4.78 is 18.3. The maximum absolute atomic E-state index is 13.0. The zero-order valence-electron chi connectivity index (χ0n) is 15.5. The number of rotatable bonds is 6. The van der Waals surface area contributed by atoms with Gasteiger partial charge >= 0.3 is 0 Å². The maximum Gasteiger partial charge on any atom is 0.251 e. The number of carbonyl (C=O) groups is 2. The second kappa shape index (κ2) is 8.53. The molecule has 148 valence electrons. The van der Waals surface area contributed by atoms with Crippen LogP contribution in [0.5, 0.6) is 0 Å². The maximum atomic E-state index is 13.0. The quantitative estimate of drug-likeness (QED) is 0.664. The summed E-state index contributed by atoms with van der Waals surface area (Å²) in [7, 11) is 0. The second-order valence-electron chi connectivity index (χ2n) is 6.70. The van der Waals surface area contributed by atoms with Crippen molar-refractivity contribution >= 4 is 23.6 Å². The van der Waals surface area contributed by atoms with Gasteiger partial charge in [-0.05, 0) is 47.5 Å². The molecule has 0 unspecified atom stereocenters. The van der Waals surface area contributed by atoms with Gasteiger partial charge in [0.2, 0.25) is 5.91 Å². The Morgan fingerprint density at radius 1 is 1.14 bits per heavy atom. The summed E-state index contributed by atoms with van der Waals surface area (Å²) in [5.41, 5.74) is 2.32. The molecule has 0 spiro atoms. The van der Waals surface area contributed by atoms with E-state index >= 15 is 0 Å². The summed E-state index contributed by atoms with van der Waals surface area (Å²) >= 11 is 1.56. The van der Waals surface area contributed by atoms with Gasteiger partial charge in [-0.2, -0.15) is 0 Å². The molecule has 0 saturated carbocycles. The van der Waals surface area contributed by atoms with Crippen LogP contribution in [0, 0.1) is 5.82 Å². The van der Waals surface area contributed by atoms with Gasteiger partial charge in [0.05, 0.1) is 18.6 Å². The number of hydrogen-bond acceptors (Lipinski definition) is 4. The molecule has 0 bridgehead atoms. The molecule has 1 atom stereocenters. The largest absolute Gasteiger partial charge is 0.467 e. The highest BCUT2D eigenvalue weighted by Crippen LogP contribution is 2.39. The summed E-state index contributed by atoms with van der Waals surface area (Å²) in [4.78, 5) is 26.4. The fourth-order valence-electron chi connectivity index (χ4n) is 3.16. The lowest BCUT2D eigenvalue weighted by Gasteiger charge is -2.23. The average molecular weight is 410 g/mol. The van der Waals surface area contributed by atoms with Crippen LogP contribution < -0.4 is 5.32 Å². The summed E-state index contributed by atoms with van der Waals surface area (Å²) in [5, 5.41) is 2.72. The minimum atomic E-state index is -0.306. The summed E-state index contributed by atoms with van der Waals surface area (Å²) in [6.45, 7) is 0.744. The molecule has 2 aromatic carbocycles. The van der Waals surface area contributed by atoms with Gasteiger partial charge in [-0.1, -0.05) is 24.3 Å². The van der Waals surface area contributed by atoms with E-state index in [2.05, 4.69) is 5.32 Å². The van der Waals surface area contributed by atoms with Crippen molar-refractivity contribution in [3.63, 3.8) is 0 Å². The van der Waals surface area contributed by atoms with Crippen LogP contribution >= 0.6 is 11.8 Å². The molecule has 2 heterocycles. The highest BCUT2D eigenvalue weighted by atomic mass is 32.2. The number of amides is 2. The SMILES string of the molecule is O=C(NCc1ccc(F)cc1)c1ccc([C@@H]2SCC(=O)N2Cc2ccco2)cc1. The van der Waals surface area contributed by atoms with E-state index in [0.717, 1.165) is 16.9 Å². The van der Waals surface area contributed by atoms with Crippen molar-refractivity contribution in [2.24, 2.45) is 0 Å². The molecule has 1 saturated heterocycles. The normalized spacial score (nSPS) is 16.2. The minimum Gasteiger partial charge on any atom is -0.467 e. The fraction of sp³-hybridized carbons (Fsp3) is 0.182. The first-order valence-electron chi connectivity index (χ1n) is 9.16. The topological polar surface area (TPSA) is 62.6 Å². The Balaban J connectivity index is 1.40. The Hall–Kier alpha value is -3.06. The first-order valence-corrected chi connectivity index (χ1v) is 10.2. The van der Waals surface area contributed by atoms with Crippen molar-refractivity contribution in [3.05, 3.63) is 95.2 Å². The lowest BCUT2D eigenvalue weighted by atomic mass is 10.1. The van der Waals surface area contributed by atoms with Crippen LogP contribution in [-0.4, -0.2) is 22.5 Å². The Labute approximate surface area is 171 Å². The van der Waals surface area contributed by atoms with Crippen LogP contribution in [-0.2, 0) is 17.9 Å². The van der Waals surface area contributed by atoms with Crippen LogP contribution in [0.25, 0.3) is 0 Å². The molecule has 1 aliphatic rings. The van der Waals surface area contributed by atoms with Gasteiger partial charge in [0.25, 0.3) is 5.91 Å². The van der Waals surface area contributed by atoms with Gasteiger partial charge in [0, 0.05) is 12.1 Å². The van der Waals surface area contributed by atoms with E-state index < -0.39 is 0 Å². The van der Waals surface area contributed by atoms with Gasteiger partial charge in [-0.15, -0.1) is 11.8 Å². The molecule has 1 fully saturated rings. The van der Waals surface area contributed by atoms with Crippen LogP contribution in [0.4, 0.5) is 4.39 Å². The third-order valence-electron chi connectivity index (χ3n) is 4.70. The first kappa shape index (κ1) is 19.3. The number of thioether (sulfide) groups is 1. The van der Waals surface area contributed by atoms with E-state index in [1.54, 1.807) is 53.3 Å². The number of benzene rings is 2. The van der Waals surface area contributed by atoms with Crippen molar-refractivity contribution in [3.8, 4) is 0 Å². The molecule has 7 heteroatoms. The minimum absolute atomic E-state index is 0.0671. The molecule has 3 aromatic rings. The van der Waals surface area contributed by atoms with Crippen molar-refractivity contribution < 1.29 is 18.4 Å². The Bertz CT molecular complexity index is 988. The zero-order chi connectivity index (χ0) is 20.2. The Morgan fingerprint density at radius 3 is 2.59 bits per heavy atom. The number of carbonyl (C=O) groups excluding carboxylic acids is 2. The van der Waals surface area contributed by atoms with E-state index in [1.807, 2.05) is 18.2 Å². The highest BCUT2D eigenvalue weighted by Gasteiger charge is 2.33. The number of furan rings is 1. The van der Waals surface area contributed by atoms with Crippen LogP contribution in [0.1, 0.15) is 32.6 Å². The van der Waals surface area contributed by atoms with E-state index in [1.165, 1.54) is 12.1 Å². The van der Waals surface area contributed by atoms with E-state index in [9.17, 15) is 14.0 Å². The van der Waals surface area contributed by atoms with Crippen LogP contribution in [0.3, 0.4) is 0 Å². The van der Waals surface area contributed by atoms with Crippen LogP contribution in [0.15, 0.2) is 71.3 Å². The molecule has 1 aliphatic heterocycles. The van der Waals surface area contributed by atoms with Gasteiger partial charge < -0.3 is 14.6 Å². The zero-order valence-corrected chi connectivity index (χ0v) is 16.3. The van der Waals surface area contributed by atoms with E-state index in [0.29, 0.717) is 24.4 Å². The molecule has 0 radical (unpaired) electrons. The number of hydrogen-bond donors (Lipinski definition) is 1. The Kier molecular flexibility index (Phi) is 5.67. The van der Waals surface area contributed by atoms with Crippen LogP contribution in [0.2, 0.25) is 0 Å². The van der Waals surface area contributed by atoms with Crippen molar-refractivity contribution in [2.45, 2.75) is 18.5 Å². The van der Waals surface area contributed by atoms with E-state index in [4.69, 9.17) is 4.42 Å². The van der Waals surface area contributed by atoms with Crippen molar-refractivity contribution in [1.29, 1.82) is 0 Å². The smallest absolute Gasteiger partial charge is 0.251 e. The molecule has 2 amide bonds. The van der Waals surface area contributed by atoms with Gasteiger partial charge in [0.15, 0.2) is 0 Å². The summed E-state index contributed by atoms with van der Waals surface area (Å²) in [6.07, 6.45) is 1.59. The molecule has 4 rings (SSSR count). The predicted octanol–water partition coefficient (Wildman–Crippen LogP) is 4.12. The van der Waals surface area contributed by atoms with Gasteiger partial charge in [0.1, 0.15) is 17.0 Å². The first-order chi connectivity index (χ1) is 14.1. The standard InChI is InChI=1S/C22H19FN2O3S/c23-18-9-3-15(4-10-18)12-24-21(27)16-5-7-17(8-6-16)22-25(20(26)14-29-22)13-19-2-1-11-28-19/h1-11,22H,12-14H2,(H,24,27)/t22-/m0/s1. The number of nitrogens with one attached hydrogen (secondary N) is 1. The molecule has 5 nitrogen and oxygen atoms in total. The monoisotopic (exact) mass is 410 g/mol. The van der Waals surface area contributed by atoms with Gasteiger partial charge in [-0.25, -0.2) is 4.39 Å². The van der Waals surface area contributed by atoms with Crippen molar-refractivity contribution in [1.82, 2.24) is 10.2 Å². The third-order valence-corrected chi connectivity index (χ3v) is 5.95. The lowest BCUT2D eigenvalue weighted by molar-refractivity contribution is -0.128. The van der Waals surface area contributed by atoms with Gasteiger partial charge in [-0.3, -0.25) is 9.59 Å². The second-order valence-corrected chi connectivity index (χ2v) is 7.76. The average Bonchev–Trinajstić information content (AvgIpc) is 3.38.